The van der Waals surface area contributed by atoms with Gasteiger partial charge in [-0.1, -0.05) is 26.7 Å². The van der Waals surface area contributed by atoms with Crippen molar-refractivity contribution in [2.24, 2.45) is 40.4 Å². The van der Waals surface area contributed by atoms with Crippen molar-refractivity contribution in [2.75, 3.05) is 0 Å². The van der Waals surface area contributed by atoms with E-state index in [4.69, 9.17) is 0 Å². The van der Waals surface area contributed by atoms with E-state index >= 15 is 0 Å². The highest BCUT2D eigenvalue weighted by Crippen LogP contribution is 2.67. The summed E-state index contributed by atoms with van der Waals surface area (Å²) in [7, 11) is 0. The predicted octanol–water partition coefficient (Wildman–Crippen LogP) is 7.11. The molecule has 6 rings (SSSR count). The van der Waals surface area contributed by atoms with Crippen molar-refractivity contribution >= 4 is 10.9 Å². The van der Waals surface area contributed by atoms with E-state index < -0.39 is 0 Å². The van der Waals surface area contributed by atoms with Gasteiger partial charge in [0.1, 0.15) is 11.6 Å². The Hall–Kier alpha value is -1.55. The summed E-state index contributed by atoms with van der Waals surface area (Å²) in [5.74, 6) is 4.00. The lowest BCUT2D eigenvalue weighted by Gasteiger charge is -2.62. The van der Waals surface area contributed by atoms with E-state index in [9.17, 15) is 9.50 Å². The van der Waals surface area contributed by atoms with Crippen LogP contribution in [0.2, 0.25) is 0 Å². The molecule has 3 nitrogen and oxygen atoms in total. The third kappa shape index (κ3) is 3.62. The number of aliphatic hydroxyl groups is 1. The van der Waals surface area contributed by atoms with Gasteiger partial charge in [0.15, 0.2) is 0 Å². The average molecular weight is 465 g/mol. The first-order chi connectivity index (χ1) is 16.4. The second kappa shape index (κ2) is 8.54. The van der Waals surface area contributed by atoms with E-state index in [0.717, 1.165) is 48.2 Å². The topological polar surface area (TPSA) is 46.0 Å². The van der Waals surface area contributed by atoms with Gasteiger partial charge in [0.2, 0.25) is 0 Å². The fourth-order valence-electron chi connectivity index (χ4n) is 9.50. The van der Waals surface area contributed by atoms with Crippen LogP contribution in [0, 0.1) is 46.2 Å². The Morgan fingerprint density at radius 1 is 1.03 bits per heavy atom. The first-order valence-electron chi connectivity index (χ1n) is 14.0. The molecule has 34 heavy (non-hydrogen) atoms. The highest BCUT2D eigenvalue weighted by molar-refractivity contribution is 5.77. The lowest BCUT2D eigenvalue weighted by molar-refractivity contribution is -0.162. The van der Waals surface area contributed by atoms with Gasteiger partial charge in [-0.25, -0.2) is 14.4 Å². The van der Waals surface area contributed by atoms with Gasteiger partial charge in [-0.15, -0.1) is 0 Å². The fourth-order valence-corrected chi connectivity index (χ4v) is 9.50. The SMILES string of the molecule is CC12CCC3C(C(O)CC4CCCCC43C)C1CCC2CCCc1ncc2ccc(F)cc2n1. The maximum atomic E-state index is 13.6. The molecule has 8 unspecified atom stereocenters. The summed E-state index contributed by atoms with van der Waals surface area (Å²) in [5, 5.41) is 12.3. The summed E-state index contributed by atoms with van der Waals surface area (Å²) in [6.45, 7) is 5.15. The van der Waals surface area contributed by atoms with Crippen molar-refractivity contribution in [1.29, 1.82) is 0 Å². The largest absolute Gasteiger partial charge is 0.393 e. The number of benzene rings is 1. The van der Waals surface area contributed by atoms with Crippen LogP contribution >= 0.6 is 0 Å². The Morgan fingerprint density at radius 3 is 2.76 bits per heavy atom. The number of nitrogens with zero attached hydrogens (tertiary/aromatic N) is 2. The van der Waals surface area contributed by atoms with Gasteiger partial charge in [0.25, 0.3) is 0 Å². The summed E-state index contributed by atoms with van der Waals surface area (Å²) in [6, 6.07) is 4.73. The zero-order valence-electron chi connectivity index (χ0n) is 21.0. The number of halogens is 1. The van der Waals surface area contributed by atoms with Crippen molar-refractivity contribution in [3.63, 3.8) is 0 Å². The molecule has 0 amide bonds. The van der Waals surface area contributed by atoms with Crippen molar-refractivity contribution in [3.05, 3.63) is 36.0 Å². The second-order valence-corrected chi connectivity index (χ2v) is 12.7. The molecule has 4 saturated carbocycles. The van der Waals surface area contributed by atoms with Crippen LogP contribution in [0.15, 0.2) is 24.4 Å². The Labute approximate surface area is 204 Å². The van der Waals surface area contributed by atoms with Crippen molar-refractivity contribution in [2.45, 2.75) is 97.0 Å². The minimum absolute atomic E-state index is 0.0871. The van der Waals surface area contributed by atoms with Crippen LogP contribution in [-0.2, 0) is 6.42 Å². The normalized spacial score (nSPS) is 41.6. The Balaban J connectivity index is 1.14. The molecule has 1 aromatic heterocycles. The molecule has 4 fully saturated rings. The van der Waals surface area contributed by atoms with E-state index in [1.807, 2.05) is 6.20 Å². The van der Waals surface area contributed by atoms with E-state index in [-0.39, 0.29) is 11.9 Å². The smallest absolute Gasteiger partial charge is 0.128 e. The maximum absolute atomic E-state index is 13.6. The molecule has 1 N–H and O–H groups in total. The Morgan fingerprint density at radius 2 is 1.88 bits per heavy atom. The highest BCUT2D eigenvalue weighted by Gasteiger charge is 2.61. The lowest BCUT2D eigenvalue weighted by Crippen LogP contribution is -2.57. The van der Waals surface area contributed by atoms with Crippen LogP contribution in [-0.4, -0.2) is 21.2 Å². The molecule has 0 bridgehead atoms. The summed E-state index contributed by atoms with van der Waals surface area (Å²) < 4.78 is 13.6. The van der Waals surface area contributed by atoms with Crippen LogP contribution in [0.25, 0.3) is 10.9 Å². The number of hydrogen-bond donors (Lipinski definition) is 1. The third-order valence-electron chi connectivity index (χ3n) is 11.3. The summed E-state index contributed by atoms with van der Waals surface area (Å²) in [6.07, 6.45) is 16.7. The quantitative estimate of drug-likeness (QED) is 0.524. The van der Waals surface area contributed by atoms with Gasteiger partial charge >= 0.3 is 0 Å². The Bertz CT molecular complexity index is 1060. The third-order valence-corrected chi connectivity index (χ3v) is 11.3. The minimum Gasteiger partial charge on any atom is -0.393 e. The molecule has 2 aromatic rings. The average Bonchev–Trinajstić information content (AvgIpc) is 3.15. The molecule has 4 aliphatic rings. The van der Waals surface area contributed by atoms with Crippen molar-refractivity contribution in [3.8, 4) is 0 Å². The van der Waals surface area contributed by atoms with Crippen LogP contribution in [0.3, 0.4) is 0 Å². The second-order valence-electron chi connectivity index (χ2n) is 12.7. The molecule has 184 valence electrons. The molecular formula is C30H41FN2O. The zero-order chi connectivity index (χ0) is 23.5. The van der Waals surface area contributed by atoms with E-state index in [1.54, 1.807) is 6.07 Å². The van der Waals surface area contributed by atoms with Crippen molar-refractivity contribution < 1.29 is 9.50 Å². The van der Waals surface area contributed by atoms with Gasteiger partial charge in [0.05, 0.1) is 11.6 Å². The van der Waals surface area contributed by atoms with Gasteiger partial charge < -0.3 is 5.11 Å². The number of aromatic nitrogens is 2. The van der Waals surface area contributed by atoms with E-state index in [2.05, 4.69) is 23.8 Å². The number of aliphatic hydroxyl groups excluding tert-OH is 1. The van der Waals surface area contributed by atoms with E-state index in [0.29, 0.717) is 28.2 Å². The first kappa shape index (κ1) is 22.9. The van der Waals surface area contributed by atoms with Gasteiger partial charge in [-0.3, -0.25) is 0 Å². The lowest BCUT2D eigenvalue weighted by atomic mass is 9.44. The maximum Gasteiger partial charge on any atom is 0.128 e. The summed E-state index contributed by atoms with van der Waals surface area (Å²) >= 11 is 0. The molecular weight excluding hydrogens is 423 g/mol. The standard InChI is InChI=1S/C30H41FN2O/c1-29-14-4-3-6-21(29)16-26(34)28-23-12-10-20(30(23,2)15-13-24(28)29)7-5-8-27-32-18-19-9-11-22(31)17-25(19)33-27/h9,11,17-18,20-21,23-24,26,28,34H,3-8,10,12-16H2,1-2H3. The number of aryl methyl sites for hydroxylation is 1. The molecule has 8 atom stereocenters. The molecule has 1 heterocycles. The van der Waals surface area contributed by atoms with Crippen LogP contribution in [0.5, 0.6) is 0 Å². The molecule has 0 aliphatic heterocycles. The summed E-state index contributed by atoms with van der Waals surface area (Å²) in [4.78, 5) is 9.17. The van der Waals surface area contributed by atoms with E-state index in [1.165, 1.54) is 69.9 Å². The minimum atomic E-state index is -0.240. The zero-order valence-corrected chi connectivity index (χ0v) is 21.0. The van der Waals surface area contributed by atoms with Gasteiger partial charge in [-0.2, -0.15) is 0 Å². The number of hydrogen-bond acceptors (Lipinski definition) is 3. The molecule has 4 heteroatoms. The fraction of sp³-hybridized carbons (Fsp3) is 0.733. The van der Waals surface area contributed by atoms with Crippen LogP contribution in [0.4, 0.5) is 4.39 Å². The van der Waals surface area contributed by atoms with Crippen LogP contribution < -0.4 is 0 Å². The summed E-state index contributed by atoms with van der Waals surface area (Å²) in [5.41, 5.74) is 1.54. The number of fused-ring (bicyclic) bond motifs is 6. The first-order valence-corrected chi connectivity index (χ1v) is 14.0. The molecule has 1 aromatic carbocycles. The highest BCUT2D eigenvalue weighted by atomic mass is 19.1. The molecule has 0 spiro atoms. The monoisotopic (exact) mass is 464 g/mol. The molecule has 0 saturated heterocycles. The predicted molar refractivity (Wildman–Crippen MR) is 134 cm³/mol. The number of rotatable bonds is 4. The molecule has 0 radical (unpaired) electrons. The van der Waals surface area contributed by atoms with Crippen molar-refractivity contribution in [1.82, 2.24) is 9.97 Å². The van der Waals surface area contributed by atoms with Crippen LogP contribution in [0.1, 0.15) is 90.3 Å². The Kier molecular flexibility index (Phi) is 5.75. The molecule has 4 aliphatic carbocycles. The van der Waals surface area contributed by atoms with Gasteiger partial charge in [-0.05, 0) is 110 Å². The van der Waals surface area contributed by atoms with Gasteiger partial charge in [0, 0.05) is 24.1 Å².